The van der Waals surface area contributed by atoms with Crippen LogP contribution in [0.1, 0.15) is 30.7 Å². The van der Waals surface area contributed by atoms with Gasteiger partial charge in [0.25, 0.3) is 0 Å². The van der Waals surface area contributed by atoms with E-state index in [4.69, 9.17) is 5.53 Å². The molecule has 4 heteroatoms. The quantitative estimate of drug-likeness (QED) is 0.431. The second-order valence-corrected chi connectivity index (χ2v) is 4.85. The summed E-state index contributed by atoms with van der Waals surface area (Å²) in [6.07, 6.45) is 3.27. The molecule has 3 rings (SSSR count). The molecule has 2 aliphatic rings. The van der Waals surface area contributed by atoms with Crippen LogP contribution in [0.4, 0.5) is 5.69 Å². The number of rotatable bonds is 2. The minimum Gasteiger partial charge on any atom is -0.299 e. The minimum absolute atomic E-state index is 0.249. The van der Waals surface area contributed by atoms with Gasteiger partial charge in [0.05, 0.1) is 0 Å². The summed E-state index contributed by atoms with van der Waals surface area (Å²) < 4.78 is 0. The Labute approximate surface area is 99.3 Å². The van der Waals surface area contributed by atoms with Gasteiger partial charge in [0.2, 0.25) is 0 Å². The number of hydrogen-bond acceptors (Lipinski definition) is 2. The fraction of sp³-hybridized carbons (Fsp3) is 0.462. The number of carbonyl (C=O) groups is 1. The number of ketones is 1. The number of azide groups is 1. The zero-order chi connectivity index (χ0) is 11.8. The maximum absolute atomic E-state index is 11.7. The molecular weight excluding hydrogens is 214 g/mol. The fourth-order valence-corrected chi connectivity index (χ4v) is 3.27. The Kier molecular flexibility index (Phi) is 2.37. The van der Waals surface area contributed by atoms with Crippen molar-refractivity contribution in [2.45, 2.75) is 25.2 Å². The van der Waals surface area contributed by atoms with Gasteiger partial charge in [-0.1, -0.05) is 35.8 Å². The molecule has 0 aliphatic heterocycles. The smallest absolute Gasteiger partial charge is 0.140 e. The second-order valence-electron chi connectivity index (χ2n) is 4.85. The van der Waals surface area contributed by atoms with E-state index in [1.807, 2.05) is 24.3 Å². The lowest BCUT2D eigenvalue weighted by atomic mass is 9.54. The molecule has 17 heavy (non-hydrogen) atoms. The van der Waals surface area contributed by atoms with Gasteiger partial charge in [0, 0.05) is 28.4 Å². The van der Waals surface area contributed by atoms with E-state index in [0.717, 1.165) is 12.8 Å². The van der Waals surface area contributed by atoms with E-state index in [0.29, 0.717) is 17.4 Å². The Balaban J connectivity index is 1.86. The van der Waals surface area contributed by atoms with Gasteiger partial charge in [-0.15, -0.1) is 0 Å². The Morgan fingerprint density at radius 2 is 1.82 bits per heavy atom. The Bertz CT molecular complexity index is 488. The summed E-state index contributed by atoms with van der Waals surface area (Å²) in [6, 6.07) is 7.64. The fourth-order valence-electron chi connectivity index (χ4n) is 3.27. The van der Waals surface area contributed by atoms with E-state index in [1.165, 1.54) is 12.0 Å². The van der Waals surface area contributed by atoms with E-state index in [1.54, 1.807) is 0 Å². The lowest BCUT2D eigenvalue weighted by Crippen LogP contribution is -2.48. The number of fused-ring (bicyclic) bond motifs is 2. The maximum Gasteiger partial charge on any atom is 0.140 e. The molecule has 2 atom stereocenters. The topological polar surface area (TPSA) is 65.8 Å². The third-order valence-electron chi connectivity index (χ3n) is 4.07. The lowest BCUT2D eigenvalue weighted by molar-refractivity contribution is -0.142. The summed E-state index contributed by atoms with van der Waals surface area (Å²) in [6.45, 7) is 0. The molecule has 0 spiro atoms. The van der Waals surface area contributed by atoms with Crippen molar-refractivity contribution in [3.05, 3.63) is 40.3 Å². The SMILES string of the molecule is [N-]=[N+]=Nc1ccc(C2C3CCCC2C3=O)cc1. The maximum atomic E-state index is 11.7. The van der Waals surface area contributed by atoms with Crippen LogP contribution in [0, 0.1) is 11.8 Å². The summed E-state index contributed by atoms with van der Waals surface area (Å²) in [5.41, 5.74) is 10.2. The van der Waals surface area contributed by atoms with Crippen molar-refractivity contribution in [2.24, 2.45) is 17.0 Å². The molecule has 1 aromatic carbocycles. The molecule has 1 aromatic rings. The first-order valence-electron chi connectivity index (χ1n) is 6.00. The van der Waals surface area contributed by atoms with Gasteiger partial charge in [-0.3, -0.25) is 4.79 Å². The lowest BCUT2D eigenvalue weighted by Gasteiger charge is -2.48. The largest absolute Gasteiger partial charge is 0.299 e. The molecule has 2 fully saturated rings. The first kappa shape index (κ1) is 10.4. The molecule has 2 bridgehead atoms. The van der Waals surface area contributed by atoms with Crippen LogP contribution in [0.15, 0.2) is 29.4 Å². The second kappa shape index (κ2) is 3.90. The zero-order valence-electron chi connectivity index (χ0n) is 9.41. The highest BCUT2D eigenvalue weighted by molar-refractivity contribution is 5.92. The van der Waals surface area contributed by atoms with E-state index in [9.17, 15) is 4.79 Å². The van der Waals surface area contributed by atoms with Gasteiger partial charge in [-0.05, 0) is 23.9 Å². The Morgan fingerprint density at radius 1 is 1.18 bits per heavy atom. The molecule has 0 aromatic heterocycles. The van der Waals surface area contributed by atoms with Crippen molar-refractivity contribution in [1.82, 2.24) is 0 Å². The van der Waals surface area contributed by atoms with Crippen molar-refractivity contribution in [3.63, 3.8) is 0 Å². The van der Waals surface area contributed by atoms with Crippen molar-refractivity contribution < 1.29 is 4.79 Å². The Hall–Kier alpha value is -1.80. The minimum atomic E-state index is 0.249. The summed E-state index contributed by atoms with van der Waals surface area (Å²) >= 11 is 0. The van der Waals surface area contributed by atoms with Gasteiger partial charge < -0.3 is 0 Å². The first-order chi connectivity index (χ1) is 8.31. The number of nitrogens with zero attached hydrogens (tertiary/aromatic N) is 3. The number of Topliss-reactive ketones (excluding diaryl/α,β-unsaturated/α-hetero) is 1. The Morgan fingerprint density at radius 3 is 2.35 bits per heavy atom. The van der Waals surface area contributed by atoms with Gasteiger partial charge in [0.15, 0.2) is 0 Å². The standard InChI is InChI=1S/C13H13N3O/c14-16-15-9-6-4-8(5-7-9)12-10-2-1-3-11(12)13(10)17/h4-7,10-12H,1-3H2. The van der Waals surface area contributed by atoms with Crippen LogP contribution >= 0.6 is 0 Å². The summed E-state index contributed by atoms with van der Waals surface area (Å²) in [5.74, 6) is 1.37. The van der Waals surface area contributed by atoms with Crippen molar-refractivity contribution >= 4 is 11.5 Å². The van der Waals surface area contributed by atoms with Crippen LogP contribution in [0.2, 0.25) is 0 Å². The van der Waals surface area contributed by atoms with Crippen molar-refractivity contribution in [2.75, 3.05) is 0 Å². The molecule has 0 amide bonds. The van der Waals surface area contributed by atoms with E-state index < -0.39 is 0 Å². The van der Waals surface area contributed by atoms with Crippen LogP contribution in [-0.4, -0.2) is 5.78 Å². The predicted octanol–water partition coefficient (Wildman–Crippen LogP) is 3.71. The molecule has 2 aliphatic carbocycles. The molecule has 2 saturated carbocycles. The number of benzene rings is 1. The van der Waals surface area contributed by atoms with Crippen LogP contribution < -0.4 is 0 Å². The third-order valence-corrected chi connectivity index (χ3v) is 4.07. The monoisotopic (exact) mass is 227 g/mol. The highest BCUT2D eigenvalue weighted by Crippen LogP contribution is 2.53. The molecule has 0 saturated heterocycles. The van der Waals surface area contributed by atoms with E-state index >= 15 is 0 Å². The van der Waals surface area contributed by atoms with E-state index in [2.05, 4.69) is 10.0 Å². The van der Waals surface area contributed by atoms with Gasteiger partial charge >= 0.3 is 0 Å². The molecule has 86 valence electrons. The van der Waals surface area contributed by atoms with Crippen molar-refractivity contribution in [1.29, 1.82) is 0 Å². The van der Waals surface area contributed by atoms with Crippen LogP contribution in [0.3, 0.4) is 0 Å². The highest BCUT2D eigenvalue weighted by Gasteiger charge is 2.51. The third kappa shape index (κ3) is 1.53. The van der Waals surface area contributed by atoms with Crippen LogP contribution in [-0.2, 0) is 4.79 Å². The average Bonchev–Trinajstić information content (AvgIpc) is 2.39. The van der Waals surface area contributed by atoms with Gasteiger partial charge in [-0.2, -0.15) is 0 Å². The molecular formula is C13H13N3O. The summed E-state index contributed by atoms with van der Waals surface area (Å²) in [5, 5.41) is 3.55. The zero-order valence-corrected chi connectivity index (χ0v) is 9.41. The van der Waals surface area contributed by atoms with Crippen molar-refractivity contribution in [3.8, 4) is 0 Å². The highest BCUT2D eigenvalue weighted by atomic mass is 16.1. The van der Waals surface area contributed by atoms with E-state index in [-0.39, 0.29) is 11.8 Å². The van der Waals surface area contributed by atoms with Crippen LogP contribution in [0.5, 0.6) is 0 Å². The summed E-state index contributed by atoms with van der Waals surface area (Å²) in [7, 11) is 0. The van der Waals surface area contributed by atoms with Gasteiger partial charge in [0.1, 0.15) is 5.78 Å². The number of carbonyl (C=O) groups excluding carboxylic acids is 1. The molecule has 4 nitrogen and oxygen atoms in total. The molecule has 0 heterocycles. The normalized spacial score (nSPS) is 30.4. The van der Waals surface area contributed by atoms with Gasteiger partial charge in [-0.25, -0.2) is 0 Å². The molecule has 0 radical (unpaired) electrons. The average molecular weight is 227 g/mol. The summed E-state index contributed by atoms with van der Waals surface area (Å²) in [4.78, 5) is 14.5. The predicted molar refractivity (Wildman–Crippen MR) is 63.8 cm³/mol. The molecule has 0 N–H and O–H groups in total. The first-order valence-corrected chi connectivity index (χ1v) is 6.00. The number of hydrogen-bond donors (Lipinski definition) is 0. The van der Waals surface area contributed by atoms with Crippen LogP contribution in [0.25, 0.3) is 10.4 Å². The molecule has 2 unspecified atom stereocenters.